The quantitative estimate of drug-likeness (QED) is 0.191. The van der Waals surface area contributed by atoms with Crippen LogP contribution in [0.1, 0.15) is 72.0 Å². The molecule has 0 saturated heterocycles. The zero-order valence-electron chi connectivity index (χ0n) is 21.6. The van der Waals surface area contributed by atoms with Crippen molar-refractivity contribution >= 4 is 23.7 Å². The number of unbranched alkanes of at least 4 members (excludes halogenated alkanes) is 2. The summed E-state index contributed by atoms with van der Waals surface area (Å²) < 4.78 is 37.6. The third-order valence-corrected chi connectivity index (χ3v) is 6.33. The molecule has 0 spiro atoms. The second-order valence-corrected chi connectivity index (χ2v) is 8.99. The van der Waals surface area contributed by atoms with Gasteiger partial charge in [-0.1, -0.05) is 68.7 Å². The Morgan fingerprint density at radius 1 is 1.10 bits per heavy atom. The maximum atomic E-state index is 13.6. The lowest BCUT2D eigenvalue weighted by atomic mass is 9.81. The molecule has 212 valence electrons. The summed E-state index contributed by atoms with van der Waals surface area (Å²) in [7, 11) is 1.56. The number of carboxylic acids is 2. The SMILES string of the molecule is CCCCCC(CC(=O)O)N1C(=O)c2ccccc2C(c2ccc(C(=N)N)cc2)C1OC.O=C(O)C(F)(F)F. The number of nitrogen functional groups attached to an aromatic ring is 1. The van der Waals surface area contributed by atoms with Gasteiger partial charge >= 0.3 is 18.1 Å². The first-order valence-corrected chi connectivity index (χ1v) is 12.2. The van der Waals surface area contributed by atoms with Crippen molar-refractivity contribution in [3.8, 4) is 0 Å². The molecule has 0 fully saturated rings. The number of nitrogens with zero attached hydrogens (tertiary/aromatic N) is 1. The Bertz CT molecular complexity index is 1170. The number of rotatable bonds is 10. The molecular weight excluding hydrogens is 519 g/mol. The molecule has 0 radical (unpaired) electrons. The minimum atomic E-state index is -5.08. The fourth-order valence-corrected chi connectivity index (χ4v) is 4.54. The highest BCUT2D eigenvalue weighted by Crippen LogP contribution is 2.40. The first-order valence-electron chi connectivity index (χ1n) is 12.2. The van der Waals surface area contributed by atoms with Gasteiger partial charge in [0.15, 0.2) is 0 Å². The van der Waals surface area contributed by atoms with Crippen molar-refractivity contribution in [3.63, 3.8) is 0 Å². The summed E-state index contributed by atoms with van der Waals surface area (Å²) in [6.07, 6.45) is -2.44. The summed E-state index contributed by atoms with van der Waals surface area (Å²) >= 11 is 0. The highest BCUT2D eigenvalue weighted by atomic mass is 19.4. The molecule has 0 saturated carbocycles. The molecule has 1 aliphatic rings. The average molecular weight is 552 g/mol. The minimum Gasteiger partial charge on any atom is -0.481 e. The first kappa shape index (κ1) is 31.3. The molecular formula is C27H32F3N3O6. The molecule has 12 heteroatoms. The fraction of sp³-hybridized carbons (Fsp3) is 0.407. The van der Waals surface area contributed by atoms with E-state index in [1.165, 1.54) is 0 Å². The van der Waals surface area contributed by atoms with Gasteiger partial charge in [0.05, 0.1) is 12.3 Å². The van der Waals surface area contributed by atoms with Crippen molar-refractivity contribution in [1.82, 2.24) is 4.90 Å². The van der Waals surface area contributed by atoms with Crippen LogP contribution < -0.4 is 5.73 Å². The van der Waals surface area contributed by atoms with E-state index < -0.39 is 30.4 Å². The van der Waals surface area contributed by atoms with E-state index in [4.69, 9.17) is 25.8 Å². The Labute approximate surface area is 223 Å². The van der Waals surface area contributed by atoms with Crippen molar-refractivity contribution < 1.29 is 42.5 Å². The molecule has 5 N–H and O–H groups in total. The van der Waals surface area contributed by atoms with Gasteiger partial charge in [-0.05, 0) is 23.6 Å². The van der Waals surface area contributed by atoms with Crippen molar-refractivity contribution in [2.45, 2.75) is 63.4 Å². The summed E-state index contributed by atoms with van der Waals surface area (Å²) in [4.78, 5) is 35.8. The highest BCUT2D eigenvalue weighted by molar-refractivity contribution is 5.98. The van der Waals surface area contributed by atoms with Crippen LogP contribution in [0, 0.1) is 5.41 Å². The second kappa shape index (κ2) is 13.7. The topological polar surface area (TPSA) is 154 Å². The van der Waals surface area contributed by atoms with Crippen LogP contribution in [-0.2, 0) is 14.3 Å². The molecule has 1 heterocycles. The minimum absolute atomic E-state index is 0.0156. The standard InChI is InChI=1S/C25H31N3O4.C2HF3O2/c1-3-4-5-8-18(15-21(29)30)28-24(31)20-10-7-6-9-19(20)22(25(28)32-2)16-11-13-17(14-12-16)23(26)27;3-2(4,5)1(6)7/h6-7,9-14,18,22,25H,3-5,8,15H2,1-2H3,(H3,26,27)(H,29,30);(H,6,7). The number of aliphatic carboxylic acids is 2. The molecule has 0 bridgehead atoms. The van der Waals surface area contributed by atoms with Crippen LogP contribution in [0.4, 0.5) is 13.2 Å². The van der Waals surface area contributed by atoms with Crippen LogP contribution >= 0.6 is 0 Å². The van der Waals surface area contributed by atoms with Crippen molar-refractivity contribution in [3.05, 3.63) is 70.8 Å². The number of carbonyl (C=O) groups is 3. The number of nitrogens with one attached hydrogen (secondary N) is 1. The van der Waals surface area contributed by atoms with E-state index in [9.17, 15) is 27.9 Å². The van der Waals surface area contributed by atoms with Gasteiger partial charge in [-0.2, -0.15) is 13.2 Å². The van der Waals surface area contributed by atoms with E-state index in [2.05, 4.69) is 6.92 Å². The number of carboxylic acid groups (broad SMARTS) is 2. The Kier molecular flexibility index (Phi) is 11.0. The number of ether oxygens (including phenoxy) is 1. The van der Waals surface area contributed by atoms with Crippen LogP contribution in [-0.4, -0.2) is 64.4 Å². The number of fused-ring (bicyclic) bond motifs is 1. The second-order valence-electron chi connectivity index (χ2n) is 8.99. The summed E-state index contributed by atoms with van der Waals surface area (Å²) in [5.74, 6) is -4.20. The number of halogens is 3. The van der Waals surface area contributed by atoms with Crippen LogP contribution in [0.25, 0.3) is 0 Å². The van der Waals surface area contributed by atoms with E-state index in [1.54, 1.807) is 30.2 Å². The van der Waals surface area contributed by atoms with E-state index in [0.29, 0.717) is 17.5 Å². The molecule has 2 aromatic rings. The normalized spacial score (nSPS) is 17.5. The van der Waals surface area contributed by atoms with Gasteiger partial charge in [-0.3, -0.25) is 15.0 Å². The lowest BCUT2D eigenvalue weighted by Gasteiger charge is -2.45. The maximum absolute atomic E-state index is 13.6. The van der Waals surface area contributed by atoms with Gasteiger partial charge in [0.2, 0.25) is 0 Å². The molecule has 3 atom stereocenters. The van der Waals surface area contributed by atoms with Gasteiger partial charge in [-0.15, -0.1) is 0 Å². The van der Waals surface area contributed by atoms with Crippen LogP contribution in [0.3, 0.4) is 0 Å². The molecule has 1 aliphatic heterocycles. The fourth-order valence-electron chi connectivity index (χ4n) is 4.54. The Morgan fingerprint density at radius 3 is 2.18 bits per heavy atom. The zero-order valence-corrected chi connectivity index (χ0v) is 21.6. The van der Waals surface area contributed by atoms with Gasteiger partial charge in [0.1, 0.15) is 12.1 Å². The smallest absolute Gasteiger partial charge is 0.481 e. The number of methoxy groups -OCH3 is 1. The first-order chi connectivity index (χ1) is 18.3. The zero-order chi connectivity index (χ0) is 29.3. The number of nitrogens with two attached hydrogens (primary N) is 1. The molecule has 2 aromatic carbocycles. The lowest BCUT2D eigenvalue weighted by molar-refractivity contribution is -0.192. The van der Waals surface area contributed by atoms with Crippen LogP contribution in [0.2, 0.25) is 0 Å². The predicted molar refractivity (Wildman–Crippen MR) is 137 cm³/mol. The van der Waals surface area contributed by atoms with Crippen molar-refractivity contribution in [2.75, 3.05) is 7.11 Å². The number of amidine groups is 1. The van der Waals surface area contributed by atoms with Crippen molar-refractivity contribution in [1.29, 1.82) is 5.41 Å². The van der Waals surface area contributed by atoms with E-state index >= 15 is 0 Å². The molecule has 3 unspecified atom stereocenters. The Morgan fingerprint density at radius 2 is 1.69 bits per heavy atom. The van der Waals surface area contributed by atoms with E-state index in [-0.39, 0.29) is 24.1 Å². The maximum Gasteiger partial charge on any atom is 0.490 e. The van der Waals surface area contributed by atoms with Crippen LogP contribution in [0.15, 0.2) is 48.5 Å². The molecule has 39 heavy (non-hydrogen) atoms. The van der Waals surface area contributed by atoms with Gasteiger partial charge in [0.25, 0.3) is 5.91 Å². The summed E-state index contributed by atoms with van der Waals surface area (Å²) in [5.41, 5.74) is 8.54. The van der Waals surface area contributed by atoms with Crippen LogP contribution in [0.5, 0.6) is 0 Å². The highest BCUT2D eigenvalue weighted by Gasteiger charge is 2.44. The third-order valence-electron chi connectivity index (χ3n) is 6.33. The Hall–Kier alpha value is -3.93. The number of hydrogen-bond acceptors (Lipinski definition) is 5. The van der Waals surface area contributed by atoms with Gasteiger partial charge in [0, 0.05) is 24.3 Å². The van der Waals surface area contributed by atoms with Gasteiger partial charge in [-0.25, -0.2) is 4.79 Å². The summed E-state index contributed by atoms with van der Waals surface area (Å²) in [6.45, 7) is 2.09. The summed E-state index contributed by atoms with van der Waals surface area (Å²) in [5, 5.41) is 24.3. The number of carbonyl (C=O) groups excluding carboxylic acids is 1. The molecule has 3 rings (SSSR count). The monoisotopic (exact) mass is 551 g/mol. The molecule has 9 nitrogen and oxygen atoms in total. The number of alkyl halides is 3. The van der Waals surface area contributed by atoms with E-state index in [0.717, 1.165) is 30.4 Å². The largest absolute Gasteiger partial charge is 0.490 e. The van der Waals surface area contributed by atoms with E-state index in [1.807, 2.05) is 30.3 Å². The lowest BCUT2D eigenvalue weighted by Crippen LogP contribution is -2.54. The molecule has 1 amide bonds. The number of amides is 1. The summed E-state index contributed by atoms with van der Waals surface area (Å²) in [6, 6.07) is 14.3. The van der Waals surface area contributed by atoms with Gasteiger partial charge < -0.3 is 25.6 Å². The number of hydrogen-bond donors (Lipinski definition) is 4. The molecule has 0 aromatic heterocycles. The predicted octanol–water partition coefficient (Wildman–Crippen LogP) is 4.59. The average Bonchev–Trinajstić information content (AvgIpc) is 2.88. The van der Waals surface area contributed by atoms with Crippen molar-refractivity contribution in [2.24, 2.45) is 5.73 Å². The Balaban J connectivity index is 0.000000673. The number of benzene rings is 2. The molecule has 0 aliphatic carbocycles. The third kappa shape index (κ3) is 8.03.